The van der Waals surface area contributed by atoms with Crippen molar-refractivity contribution in [3.63, 3.8) is 0 Å². The van der Waals surface area contributed by atoms with Crippen LogP contribution < -0.4 is 0 Å². The van der Waals surface area contributed by atoms with Crippen molar-refractivity contribution < 1.29 is 52.7 Å². The van der Waals surface area contributed by atoms with Crippen molar-refractivity contribution in [3.05, 3.63) is 119 Å². The number of thiol groups is 1. The van der Waals surface area contributed by atoms with Crippen molar-refractivity contribution in [3.8, 4) is 0 Å². The Kier molecular flexibility index (Phi) is 7.45. The topological polar surface area (TPSA) is 0 Å². The zero-order valence-electron chi connectivity index (χ0n) is 21.2. The second-order valence-corrected chi connectivity index (χ2v) is 14.9. The summed E-state index contributed by atoms with van der Waals surface area (Å²) in [5.74, 6) is 0. The third kappa shape index (κ3) is 5.34. The van der Waals surface area contributed by atoms with Crippen molar-refractivity contribution >= 4 is 9.16 Å². The van der Waals surface area contributed by atoms with E-state index in [0.717, 1.165) is 48.5 Å². The van der Waals surface area contributed by atoms with Gasteiger partial charge < -0.3 is 0 Å². The van der Waals surface area contributed by atoms with Gasteiger partial charge in [0.05, 0.1) is 22.3 Å². The predicted molar refractivity (Wildman–Crippen MR) is 134 cm³/mol. The number of benzene rings is 4. The van der Waals surface area contributed by atoms with E-state index in [1.165, 1.54) is 6.26 Å². The quantitative estimate of drug-likeness (QED) is 0.169. The fraction of sp³-hybridized carbons (Fsp3) is 0.172. The summed E-state index contributed by atoms with van der Waals surface area (Å²) in [5.41, 5.74) is -4.32. The van der Waals surface area contributed by atoms with E-state index in [1.807, 2.05) is 0 Å². The fourth-order valence-electron chi connectivity index (χ4n) is 4.99. The molecule has 0 saturated carbocycles. The average Bonchev–Trinajstić information content (AvgIpc) is 2.91. The van der Waals surface area contributed by atoms with Gasteiger partial charge in [0.1, 0.15) is 0 Å². The Balaban J connectivity index is 2.16. The molecule has 0 atom stereocenters. The van der Waals surface area contributed by atoms with Crippen molar-refractivity contribution in [1.82, 2.24) is 0 Å². The first-order chi connectivity index (χ1) is 19.2. The summed E-state index contributed by atoms with van der Waals surface area (Å²) < 4.78 is 161. The molecule has 0 aromatic heterocycles. The van der Waals surface area contributed by atoms with Gasteiger partial charge in [-0.25, -0.2) is 9.16 Å². The molecule has 0 radical (unpaired) electrons. The van der Waals surface area contributed by atoms with Crippen LogP contribution in [0.4, 0.5) is 52.7 Å². The second kappa shape index (κ2) is 9.99. The highest BCUT2D eigenvalue weighted by Gasteiger charge is 2.46. The van der Waals surface area contributed by atoms with E-state index in [2.05, 4.69) is 0 Å². The van der Waals surface area contributed by atoms with Crippen LogP contribution in [0.3, 0.4) is 0 Å². The molecule has 0 saturated heterocycles. The summed E-state index contributed by atoms with van der Waals surface area (Å²) in [4.78, 5) is 0.253. The largest absolute Gasteiger partial charge is 0.416 e. The minimum absolute atomic E-state index is 0.0632. The Morgan fingerprint density at radius 1 is 0.310 bits per heavy atom. The third-order valence-corrected chi connectivity index (χ3v) is 13.7. The van der Waals surface area contributed by atoms with Gasteiger partial charge in [0.2, 0.25) is 0 Å². The summed E-state index contributed by atoms with van der Waals surface area (Å²) in [5, 5.41) is 0. The zero-order chi connectivity index (χ0) is 31.4. The van der Waals surface area contributed by atoms with E-state index in [9.17, 15) is 52.7 Å². The lowest BCUT2D eigenvalue weighted by Crippen LogP contribution is -2.21. The van der Waals surface area contributed by atoms with Crippen LogP contribution in [0.2, 0.25) is 0 Å². The van der Waals surface area contributed by atoms with Gasteiger partial charge in [-0.1, -0.05) is 48.5 Å². The predicted octanol–water partition coefficient (Wildman–Crippen LogP) is 11.0. The van der Waals surface area contributed by atoms with Crippen molar-refractivity contribution in [2.45, 2.75) is 44.3 Å². The van der Waals surface area contributed by atoms with Crippen molar-refractivity contribution in [2.75, 3.05) is 6.26 Å². The monoisotopic (exact) mass is 628 g/mol. The van der Waals surface area contributed by atoms with E-state index in [4.69, 9.17) is 0 Å². The molecule has 0 heterocycles. The molecule has 0 aliphatic rings. The molecular formula is C29H20F12S. The molecule has 0 N–H and O–H groups in total. The molecule has 0 bridgehead atoms. The van der Waals surface area contributed by atoms with E-state index < -0.39 is 56.1 Å². The highest BCUT2D eigenvalue weighted by Crippen LogP contribution is 2.87. The number of halogens is 12. The van der Waals surface area contributed by atoms with Crippen LogP contribution >= 0.6 is 9.16 Å². The van der Waals surface area contributed by atoms with Crippen LogP contribution in [0.5, 0.6) is 0 Å². The molecule has 4 aromatic rings. The lowest BCUT2D eigenvalue weighted by atomic mass is 10.2. The van der Waals surface area contributed by atoms with E-state index in [0.29, 0.717) is 48.5 Å². The highest BCUT2D eigenvalue weighted by molar-refractivity contribution is 8.49. The number of hydrogen-bond donors (Lipinski definition) is 1. The van der Waals surface area contributed by atoms with Gasteiger partial charge in [0.25, 0.3) is 0 Å². The van der Waals surface area contributed by atoms with Gasteiger partial charge in [0, 0.05) is 0 Å². The van der Waals surface area contributed by atoms with E-state index in [-0.39, 0.29) is 19.6 Å². The van der Waals surface area contributed by atoms with Gasteiger partial charge in [0.15, 0.2) is 0 Å². The maximum atomic E-state index is 13.4. The lowest BCUT2D eigenvalue weighted by molar-refractivity contribution is -0.138. The molecule has 0 fully saturated rings. The van der Waals surface area contributed by atoms with Gasteiger partial charge in [-0.3, -0.25) is 0 Å². The van der Waals surface area contributed by atoms with E-state index in [1.54, 1.807) is 0 Å². The Morgan fingerprint density at radius 3 is 0.571 bits per heavy atom. The maximum Gasteiger partial charge on any atom is 0.416 e. The first kappa shape index (κ1) is 31.3. The van der Waals surface area contributed by atoms with Crippen LogP contribution in [0.1, 0.15) is 22.3 Å². The average molecular weight is 629 g/mol. The smallest absolute Gasteiger partial charge is 0.202 e. The van der Waals surface area contributed by atoms with Crippen LogP contribution in [0.15, 0.2) is 117 Å². The molecule has 0 amide bonds. The van der Waals surface area contributed by atoms with Crippen molar-refractivity contribution in [2.24, 2.45) is 0 Å². The van der Waals surface area contributed by atoms with E-state index >= 15 is 0 Å². The first-order valence-electron chi connectivity index (χ1n) is 11.9. The van der Waals surface area contributed by atoms with Gasteiger partial charge in [-0.05, 0) is 74.4 Å². The normalized spacial score (nSPS) is 14.4. The molecule has 0 unspecified atom stereocenters. The standard InChI is InChI=1S/C29H20F12S/c1-42(22-10-2-18(3-11-22)26(30,31)32,23-12-4-19(5-13-23)27(33,34)35,24-14-6-20(7-15-24)28(36,37)38)25-16-8-21(9-17-25)29(39,40)41/h2-17,42H,1H3. The number of rotatable bonds is 4. The summed E-state index contributed by atoms with van der Waals surface area (Å²) >= 11 is 0. The molecule has 0 aliphatic heterocycles. The van der Waals surface area contributed by atoms with Gasteiger partial charge in [-0.15, -0.1) is 0 Å². The maximum absolute atomic E-state index is 13.4. The molecule has 4 aromatic carbocycles. The van der Waals surface area contributed by atoms with Crippen LogP contribution in [0.25, 0.3) is 0 Å². The molecule has 42 heavy (non-hydrogen) atoms. The Labute approximate surface area is 231 Å². The molecule has 13 heteroatoms. The van der Waals surface area contributed by atoms with Crippen LogP contribution in [-0.4, -0.2) is 6.26 Å². The highest BCUT2D eigenvalue weighted by atomic mass is 32.3. The second-order valence-electron chi connectivity index (χ2n) is 9.74. The van der Waals surface area contributed by atoms with Gasteiger partial charge in [-0.2, -0.15) is 52.7 Å². The molecule has 0 nitrogen and oxygen atoms in total. The summed E-state index contributed by atoms with van der Waals surface area (Å²) in [6.07, 6.45) is -17.7. The third-order valence-electron chi connectivity index (χ3n) is 7.36. The summed E-state index contributed by atoms with van der Waals surface area (Å²) in [7, 11) is -4.63. The minimum Gasteiger partial charge on any atom is -0.202 e. The molecule has 0 spiro atoms. The molecule has 226 valence electrons. The Hall–Kier alpha value is -3.61. The van der Waals surface area contributed by atoms with Gasteiger partial charge >= 0.3 is 24.7 Å². The first-order valence-corrected chi connectivity index (χ1v) is 14.6. The Bertz CT molecular complexity index is 1300. The summed E-state index contributed by atoms with van der Waals surface area (Å²) in [6.45, 7) is 0. The molecular weight excluding hydrogens is 608 g/mol. The zero-order valence-corrected chi connectivity index (χ0v) is 22.1. The van der Waals surface area contributed by atoms with Crippen LogP contribution in [0, 0.1) is 0 Å². The van der Waals surface area contributed by atoms with Crippen molar-refractivity contribution in [1.29, 1.82) is 0 Å². The SMILES string of the molecule is C[SH](c1ccc(C(F)(F)F)cc1)(c1ccc(C(F)(F)F)cc1)(c1ccc(C(F)(F)F)cc1)c1ccc(C(F)(F)F)cc1. The molecule has 0 aliphatic carbocycles. The molecule has 4 rings (SSSR count). The fourth-order valence-corrected chi connectivity index (χ4v) is 10.4. The minimum atomic E-state index is -4.78. The Morgan fingerprint density at radius 2 is 0.452 bits per heavy atom. The summed E-state index contributed by atoms with van der Waals surface area (Å²) in [6, 6.07) is 14.0. The number of alkyl halides is 12. The number of hydrogen-bond acceptors (Lipinski definition) is 0. The lowest BCUT2D eigenvalue weighted by Gasteiger charge is -2.60. The van der Waals surface area contributed by atoms with Crippen LogP contribution in [-0.2, 0) is 24.7 Å².